The fraction of sp³-hybridized carbons (Fsp3) is 0.769. The highest BCUT2D eigenvalue weighted by Crippen LogP contribution is 2.58. The lowest BCUT2D eigenvalue weighted by Gasteiger charge is -2.55. The first-order valence-corrected chi connectivity index (χ1v) is 6.85. The predicted octanol–water partition coefficient (Wildman–Crippen LogP) is 2.72. The molecule has 1 heterocycles. The molecule has 4 fully saturated rings. The Hall–Kier alpha value is -1.39. The molecule has 5 rings (SSSR count). The van der Waals surface area contributed by atoms with Crippen LogP contribution in [0.3, 0.4) is 0 Å². The van der Waals surface area contributed by atoms with Crippen molar-refractivity contribution in [2.45, 2.75) is 44.1 Å². The number of rotatable bonds is 2. The van der Waals surface area contributed by atoms with E-state index in [2.05, 4.69) is 5.10 Å². The molecule has 5 nitrogen and oxygen atoms in total. The summed E-state index contributed by atoms with van der Waals surface area (Å²) in [7, 11) is 0. The van der Waals surface area contributed by atoms with Gasteiger partial charge in [0.1, 0.15) is 0 Å². The van der Waals surface area contributed by atoms with Gasteiger partial charge in [0.2, 0.25) is 0 Å². The maximum Gasteiger partial charge on any atom is 0.389 e. The van der Waals surface area contributed by atoms with Crippen molar-refractivity contribution in [2.24, 2.45) is 17.8 Å². The molecule has 0 aliphatic heterocycles. The molecule has 0 unspecified atom stereocenters. The third-order valence-electron chi connectivity index (χ3n) is 5.25. The second-order valence-corrected chi connectivity index (χ2v) is 6.52. The number of hydrogen-bond acceptors (Lipinski definition) is 3. The number of hydrogen-bond donors (Lipinski definition) is 0. The molecule has 4 aliphatic carbocycles. The molecule has 4 bridgehead atoms. The minimum atomic E-state index is -0.392. The standard InChI is InChI=1S/C13H17N3O2/c17-16(18)12-1-2-15(14-12)13-6-9-3-10(7-13)5-11(4-9)8-13/h1-2,9-11H,3-8H2. The Morgan fingerprint density at radius 1 is 1.22 bits per heavy atom. The monoisotopic (exact) mass is 247 g/mol. The summed E-state index contributed by atoms with van der Waals surface area (Å²) in [5.41, 5.74) is 0.100. The van der Waals surface area contributed by atoms with Gasteiger partial charge >= 0.3 is 5.82 Å². The molecule has 0 amide bonds. The fourth-order valence-corrected chi connectivity index (χ4v) is 5.02. The van der Waals surface area contributed by atoms with Crippen LogP contribution in [0.15, 0.2) is 12.3 Å². The molecular formula is C13H17N3O2. The Bertz CT molecular complexity index is 473. The smallest absolute Gasteiger partial charge is 0.358 e. The molecule has 96 valence electrons. The van der Waals surface area contributed by atoms with Gasteiger partial charge in [-0.1, -0.05) is 0 Å². The molecule has 0 N–H and O–H groups in total. The molecule has 1 aromatic heterocycles. The van der Waals surface area contributed by atoms with E-state index in [-0.39, 0.29) is 11.4 Å². The lowest BCUT2D eigenvalue weighted by molar-refractivity contribution is -0.390. The normalized spacial score (nSPS) is 41.2. The largest absolute Gasteiger partial charge is 0.389 e. The van der Waals surface area contributed by atoms with Crippen molar-refractivity contribution in [1.82, 2.24) is 9.78 Å². The van der Waals surface area contributed by atoms with E-state index in [4.69, 9.17) is 0 Å². The maximum absolute atomic E-state index is 10.8. The van der Waals surface area contributed by atoms with E-state index in [0.717, 1.165) is 17.8 Å². The summed E-state index contributed by atoms with van der Waals surface area (Å²) in [4.78, 5) is 10.4. The average molecular weight is 247 g/mol. The van der Waals surface area contributed by atoms with Crippen LogP contribution in [0.5, 0.6) is 0 Å². The minimum Gasteiger partial charge on any atom is -0.358 e. The Morgan fingerprint density at radius 3 is 2.22 bits per heavy atom. The maximum atomic E-state index is 10.8. The second-order valence-electron chi connectivity index (χ2n) is 6.52. The zero-order valence-electron chi connectivity index (χ0n) is 10.3. The first-order valence-electron chi connectivity index (χ1n) is 6.85. The lowest BCUT2D eigenvalue weighted by atomic mass is 9.53. The SMILES string of the molecule is O=[N+]([O-])c1ccn(C23CC4CC(CC(C4)C2)C3)n1. The van der Waals surface area contributed by atoms with Crippen molar-refractivity contribution >= 4 is 5.82 Å². The molecular weight excluding hydrogens is 230 g/mol. The Kier molecular flexibility index (Phi) is 1.95. The molecule has 5 heteroatoms. The first-order chi connectivity index (χ1) is 8.64. The third kappa shape index (κ3) is 1.36. The van der Waals surface area contributed by atoms with Crippen LogP contribution in [0.1, 0.15) is 38.5 Å². The summed E-state index contributed by atoms with van der Waals surface area (Å²) < 4.78 is 1.93. The molecule has 18 heavy (non-hydrogen) atoms. The average Bonchev–Trinajstić information content (AvgIpc) is 2.76. The van der Waals surface area contributed by atoms with Gasteiger partial charge in [-0.05, 0) is 61.2 Å². The van der Waals surface area contributed by atoms with Crippen LogP contribution in [0, 0.1) is 27.9 Å². The van der Waals surface area contributed by atoms with E-state index in [1.165, 1.54) is 38.5 Å². The zero-order valence-corrected chi connectivity index (χ0v) is 10.3. The number of nitrogens with zero attached hydrogens (tertiary/aromatic N) is 3. The van der Waals surface area contributed by atoms with Crippen molar-refractivity contribution < 1.29 is 4.92 Å². The van der Waals surface area contributed by atoms with E-state index < -0.39 is 4.92 Å². The van der Waals surface area contributed by atoms with Crippen LogP contribution < -0.4 is 0 Å². The number of aromatic nitrogens is 2. The van der Waals surface area contributed by atoms with Gasteiger partial charge in [0, 0.05) is 0 Å². The van der Waals surface area contributed by atoms with Crippen LogP contribution in [-0.4, -0.2) is 14.7 Å². The quantitative estimate of drug-likeness (QED) is 0.596. The third-order valence-corrected chi connectivity index (χ3v) is 5.25. The topological polar surface area (TPSA) is 61.0 Å². The summed E-state index contributed by atoms with van der Waals surface area (Å²) in [6.45, 7) is 0. The van der Waals surface area contributed by atoms with E-state index in [1.807, 2.05) is 10.9 Å². The van der Waals surface area contributed by atoms with Crippen LogP contribution in [0.4, 0.5) is 5.82 Å². The van der Waals surface area contributed by atoms with Crippen molar-refractivity contribution in [3.8, 4) is 0 Å². The molecule has 0 radical (unpaired) electrons. The molecule has 0 spiro atoms. The van der Waals surface area contributed by atoms with E-state index in [1.54, 1.807) is 6.07 Å². The Labute approximate surface area is 105 Å². The van der Waals surface area contributed by atoms with Crippen molar-refractivity contribution in [2.75, 3.05) is 0 Å². The zero-order chi connectivity index (χ0) is 12.3. The Morgan fingerprint density at radius 2 is 1.78 bits per heavy atom. The van der Waals surface area contributed by atoms with Crippen molar-refractivity contribution in [3.63, 3.8) is 0 Å². The van der Waals surface area contributed by atoms with Gasteiger partial charge in [0.25, 0.3) is 0 Å². The molecule has 0 saturated heterocycles. The highest BCUT2D eigenvalue weighted by molar-refractivity contribution is 5.17. The van der Waals surface area contributed by atoms with Gasteiger partial charge in [-0.15, -0.1) is 0 Å². The number of nitro groups is 1. The van der Waals surface area contributed by atoms with Gasteiger partial charge in [-0.3, -0.25) is 0 Å². The van der Waals surface area contributed by atoms with E-state index >= 15 is 0 Å². The fourth-order valence-electron chi connectivity index (χ4n) is 5.02. The molecule has 4 saturated carbocycles. The van der Waals surface area contributed by atoms with Crippen LogP contribution >= 0.6 is 0 Å². The van der Waals surface area contributed by atoms with Crippen LogP contribution in [0.25, 0.3) is 0 Å². The van der Waals surface area contributed by atoms with Gasteiger partial charge in [-0.25, -0.2) is 0 Å². The van der Waals surface area contributed by atoms with E-state index in [9.17, 15) is 10.1 Å². The summed E-state index contributed by atoms with van der Waals surface area (Å²) in [5.74, 6) is 2.49. The van der Waals surface area contributed by atoms with Gasteiger partial charge in [0.15, 0.2) is 0 Å². The molecule has 0 atom stereocenters. The van der Waals surface area contributed by atoms with Gasteiger partial charge in [-0.2, -0.15) is 4.68 Å². The Balaban J connectivity index is 1.72. The van der Waals surface area contributed by atoms with Crippen LogP contribution in [0.2, 0.25) is 0 Å². The summed E-state index contributed by atoms with van der Waals surface area (Å²) in [6, 6.07) is 1.54. The molecule has 4 aliphatic rings. The van der Waals surface area contributed by atoms with Gasteiger partial charge < -0.3 is 10.1 Å². The van der Waals surface area contributed by atoms with E-state index in [0.29, 0.717) is 0 Å². The summed E-state index contributed by atoms with van der Waals surface area (Å²) >= 11 is 0. The predicted molar refractivity (Wildman–Crippen MR) is 65.0 cm³/mol. The summed E-state index contributed by atoms with van der Waals surface area (Å²) in [5, 5.41) is 15.0. The van der Waals surface area contributed by atoms with Crippen LogP contribution in [-0.2, 0) is 5.54 Å². The first kappa shape index (κ1) is 10.5. The van der Waals surface area contributed by atoms with Crippen molar-refractivity contribution in [1.29, 1.82) is 0 Å². The minimum absolute atomic E-state index is 0.00857. The lowest BCUT2D eigenvalue weighted by Crippen LogP contribution is -2.52. The highest BCUT2D eigenvalue weighted by Gasteiger charge is 2.53. The highest BCUT2D eigenvalue weighted by atomic mass is 16.6. The van der Waals surface area contributed by atoms with Gasteiger partial charge in [0.05, 0.1) is 22.9 Å². The second kappa shape index (κ2) is 3.33. The summed E-state index contributed by atoms with van der Waals surface area (Å²) in [6.07, 6.45) is 9.49. The molecule has 0 aromatic carbocycles. The molecule has 1 aromatic rings. The van der Waals surface area contributed by atoms with Crippen molar-refractivity contribution in [3.05, 3.63) is 22.4 Å².